The molecule has 1 aliphatic heterocycles. The number of anilines is 2. The first-order valence-electron chi connectivity index (χ1n) is 12.8. The van der Waals surface area contributed by atoms with Gasteiger partial charge in [0.15, 0.2) is 5.78 Å². The van der Waals surface area contributed by atoms with Gasteiger partial charge in [0, 0.05) is 34.5 Å². The maximum atomic E-state index is 14.3. The quantitative estimate of drug-likeness (QED) is 0.406. The van der Waals surface area contributed by atoms with Gasteiger partial charge in [0.25, 0.3) is 0 Å². The number of para-hydroxylation sites is 2. The molecule has 2 heterocycles. The number of hydrogen-bond donors (Lipinski definition) is 1. The molecule has 3 aromatic rings. The van der Waals surface area contributed by atoms with Crippen LogP contribution in [-0.2, 0) is 9.59 Å². The number of furan rings is 1. The summed E-state index contributed by atoms with van der Waals surface area (Å²) in [6.07, 6.45) is 7.71. The SMILES string of the molecule is O=C1C[C@H](c2ccco2)CC2=C1[C@H](c1ccc(Cl)cc1)N(C(=O)C1CCCCC1)c1ccccc1N2. The number of nitrogens with zero attached hydrogens (tertiary/aromatic N) is 1. The Balaban J connectivity index is 1.53. The van der Waals surface area contributed by atoms with Crippen LogP contribution in [0.1, 0.15) is 68.2 Å². The highest BCUT2D eigenvalue weighted by atomic mass is 35.5. The summed E-state index contributed by atoms with van der Waals surface area (Å²) in [4.78, 5) is 30.1. The smallest absolute Gasteiger partial charge is 0.231 e. The summed E-state index contributed by atoms with van der Waals surface area (Å²) in [5.74, 6) is 0.862. The number of Topliss-reactive ketones (excluding diaryl/α,β-unsaturated/α-hetero) is 1. The second-order valence-corrected chi connectivity index (χ2v) is 10.5. The van der Waals surface area contributed by atoms with Crippen LogP contribution in [0.5, 0.6) is 0 Å². The van der Waals surface area contributed by atoms with Gasteiger partial charge in [-0.15, -0.1) is 0 Å². The van der Waals surface area contributed by atoms with Crippen molar-refractivity contribution in [2.75, 3.05) is 10.2 Å². The Hall–Kier alpha value is -3.31. The molecule has 3 aliphatic rings. The van der Waals surface area contributed by atoms with Crippen molar-refractivity contribution in [1.29, 1.82) is 0 Å². The van der Waals surface area contributed by atoms with E-state index in [1.807, 2.05) is 65.6 Å². The number of nitrogens with one attached hydrogen (secondary N) is 1. The van der Waals surface area contributed by atoms with Gasteiger partial charge in [-0.3, -0.25) is 14.5 Å². The first-order chi connectivity index (χ1) is 17.6. The molecule has 5 nitrogen and oxygen atoms in total. The minimum absolute atomic E-state index is 0.0411. The maximum Gasteiger partial charge on any atom is 0.231 e. The number of rotatable bonds is 3. The summed E-state index contributed by atoms with van der Waals surface area (Å²) in [5.41, 5.74) is 4.07. The lowest BCUT2D eigenvalue weighted by Gasteiger charge is -2.37. The van der Waals surface area contributed by atoms with Gasteiger partial charge in [-0.25, -0.2) is 0 Å². The van der Waals surface area contributed by atoms with Crippen molar-refractivity contribution in [3.8, 4) is 0 Å². The molecule has 2 aromatic carbocycles. The largest absolute Gasteiger partial charge is 0.469 e. The molecule has 2 atom stereocenters. The van der Waals surface area contributed by atoms with Crippen LogP contribution in [0.15, 0.2) is 82.6 Å². The molecule has 184 valence electrons. The number of benzene rings is 2. The predicted octanol–water partition coefficient (Wildman–Crippen LogP) is 7.41. The van der Waals surface area contributed by atoms with Crippen LogP contribution >= 0.6 is 11.6 Å². The third-order valence-corrected chi connectivity index (χ3v) is 8.06. The Kier molecular flexibility index (Phi) is 6.18. The van der Waals surface area contributed by atoms with Crippen molar-refractivity contribution in [3.05, 3.63) is 94.5 Å². The highest BCUT2D eigenvalue weighted by Crippen LogP contribution is 2.48. The van der Waals surface area contributed by atoms with E-state index in [4.69, 9.17) is 16.0 Å². The maximum absolute atomic E-state index is 14.3. The van der Waals surface area contributed by atoms with Gasteiger partial charge in [0.2, 0.25) is 5.91 Å². The topological polar surface area (TPSA) is 62.6 Å². The Morgan fingerprint density at radius 1 is 0.944 bits per heavy atom. The van der Waals surface area contributed by atoms with Crippen molar-refractivity contribution in [3.63, 3.8) is 0 Å². The number of ketones is 1. The van der Waals surface area contributed by atoms with E-state index in [2.05, 4.69) is 5.32 Å². The Labute approximate surface area is 216 Å². The van der Waals surface area contributed by atoms with Crippen molar-refractivity contribution in [2.24, 2.45) is 5.92 Å². The first kappa shape index (κ1) is 23.1. The zero-order chi connectivity index (χ0) is 24.6. The molecule has 1 amide bonds. The number of carbonyl (C=O) groups is 2. The number of allylic oxidation sites excluding steroid dienone is 1. The highest BCUT2D eigenvalue weighted by molar-refractivity contribution is 6.30. The molecule has 36 heavy (non-hydrogen) atoms. The second kappa shape index (κ2) is 9.62. The van der Waals surface area contributed by atoms with E-state index in [1.165, 1.54) is 6.42 Å². The molecule has 6 rings (SSSR count). The van der Waals surface area contributed by atoms with Gasteiger partial charge in [-0.2, -0.15) is 0 Å². The molecule has 0 spiro atoms. The van der Waals surface area contributed by atoms with E-state index in [0.717, 1.165) is 54.1 Å². The zero-order valence-electron chi connectivity index (χ0n) is 20.1. The van der Waals surface area contributed by atoms with Crippen LogP contribution in [-0.4, -0.2) is 11.7 Å². The lowest BCUT2D eigenvalue weighted by atomic mass is 9.79. The van der Waals surface area contributed by atoms with Crippen LogP contribution in [0.25, 0.3) is 0 Å². The predicted molar refractivity (Wildman–Crippen MR) is 141 cm³/mol. The van der Waals surface area contributed by atoms with E-state index in [-0.39, 0.29) is 23.5 Å². The molecule has 1 saturated carbocycles. The standard InChI is InChI=1S/C30H29ClN2O3/c31-22-14-12-19(13-15-22)29-28-24(17-21(18-26(28)34)27-11-6-16-36-27)32-23-9-4-5-10-25(23)33(29)30(35)20-7-2-1-3-8-20/h4-6,9-16,20-21,29,32H,1-3,7-8,17-18H2/t21-,29+/m1/s1. The normalized spacial score (nSPS) is 22.5. The third kappa shape index (κ3) is 4.16. The number of amides is 1. The molecular weight excluding hydrogens is 472 g/mol. The third-order valence-electron chi connectivity index (χ3n) is 7.81. The van der Waals surface area contributed by atoms with Gasteiger partial charge < -0.3 is 9.73 Å². The van der Waals surface area contributed by atoms with Gasteiger partial charge in [-0.1, -0.05) is 55.1 Å². The van der Waals surface area contributed by atoms with Crippen molar-refractivity contribution in [2.45, 2.75) is 56.9 Å². The van der Waals surface area contributed by atoms with Crippen LogP contribution in [0.2, 0.25) is 5.02 Å². The number of halogens is 1. The monoisotopic (exact) mass is 500 g/mol. The summed E-state index contributed by atoms with van der Waals surface area (Å²) >= 11 is 6.24. The van der Waals surface area contributed by atoms with Gasteiger partial charge in [0.05, 0.1) is 23.7 Å². The fraction of sp³-hybridized carbons (Fsp3) is 0.333. The van der Waals surface area contributed by atoms with Gasteiger partial charge >= 0.3 is 0 Å². The minimum atomic E-state index is -0.520. The average Bonchev–Trinajstić information content (AvgIpc) is 3.40. The molecule has 1 fully saturated rings. The first-order valence-corrected chi connectivity index (χ1v) is 13.2. The van der Waals surface area contributed by atoms with E-state index < -0.39 is 6.04 Å². The molecule has 0 unspecified atom stereocenters. The number of carbonyl (C=O) groups excluding carboxylic acids is 2. The van der Waals surface area contributed by atoms with Crippen LogP contribution in [0.4, 0.5) is 11.4 Å². The van der Waals surface area contributed by atoms with Crippen LogP contribution in [0, 0.1) is 5.92 Å². The Bertz CT molecular complexity index is 1310. The summed E-state index contributed by atoms with van der Waals surface area (Å²) in [7, 11) is 0. The second-order valence-electron chi connectivity index (χ2n) is 10.1. The molecule has 0 saturated heterocycles. The van der Waals surface area contributed by atoms with Crippen LogP contribution < -0.4 is 10.2 Å². The molecule has 1 N–H and O–H groups in total. The van der Waals surface area contributed by atoms with Crippen molar-refractivity contribution >= 4 is 34.7 Å². The summed E-state index contributed by atoms with van der Waals surface area (Å²) in [6.45, 7) is 0. The molecular formula is C30H29ClN2O3. The Morgan fingerprint density at radius 2 is 1.72 bits per heavy atom. The minimum Gasteiger partial charge on any atom is -0.469 e. The molecule has 0 radical (unpaired) electrons. The molecule has 0 bridgehead atoms. The Morgan fingerprint density at radius 3 is 2.47 bits per heavy atom. The average molecular weight is 501 g/mol. The van der Waals surface area contributed by atoms with Crippen molar-refractivity contribution < 1.29 is 14.0 Å². The van der Waals surface area contributed by atoms with E-state index >= 15 is 0 Å². The highest BCUT2D eigenvalue weighted by Gasteiger charge is 2.43. The lowest BCUT2D eigenvalue weighted by molar-refractivity contribution is -0.123. The number of fused-ring (bicyclic) bond motifs is 1. The van der Waals surface area contributed by atoms with Gasteiger partial charge in [0.1, 0.15) is 5.76 Å². The summed E-state index contributed by atoms with van der Waals surface area (Å²) < 4.78 is 5.68. The van der Waals surface area contributed by atoms with Crippen LogP contribution in [0.3, 0.4) is 0 Å². The van der Waals surface area contributed by atoms with Gasteiger partial charge in [-0.05, 0) is 61.2 Å². The fourth-order valence-electron chi connectivity index (χ4n) is 6.06. The number of hydrogen-bond acceptors (Lipinski definition) is 4. The summed E-state index contributed by atoms with van der Waals surface area (Å²) in [5, 5.41) is 4.20. The fourth-order valence-corrected chi connectivity index (χ4v) is 6.19. The van der Waals surface area contributed by atoms with E-state index in [1.54, 1.807) is 6.26 Å². The van der Waals surface area contributed by atoms with E-state index in [9.17, 15) is 9.59 Å². The zero-order valence-corrected chi connectivity index (χ0v) is 20.8. The van der Waals surface area contributed by atoms with E-state index in [0.29, 0.717) is 23.4 Å². The molecule has 6 heteroatoms. The van der Waals surface area contributed by atoms with Crippen molar-refractivity contribution in [1.82, 2.24) is 0 Å². The molecule has 2 aliphatic carbocycles. The summed E-state index contributed by atoms with van der Waals surface area (Å²) in [6, 6.07) is 18.7. The molecule has 1 aromatic heterocycles. The lowest BCUT2D eigenvalue weighted by Crippen LogP contribution is -2.42.